The first-order valence-corrected chi connectivity index (χ1v) is 9.13. The van der Waals surface area contributed by atoms with Gasteiger partial charge >= 0.3 is 6.03 Å². The van der Waals surface area contributed by atoms with Crippen LogP contribution in [0.2, 0.25) is 0 Å². The molecule has 0 aliphatic carbocycles. The van der Waals surface area contributed by atoms with Crippen molar-refractivity contribution in [1.29, 1.82) is 0 Å². The van der Waals surface area contributed by atoms with Gasteiger partial charge < -0.3 is 21.3 Å². The Kier molecular flexibility index (Phi) is 6.06. The van der Waals surface area contributed by atoms with Gasteiger partial charge in [-0.25, -0.2) is 9.78 Å². The summed E-state index contributed by atoms with van der Waals surface area (Å²) in [4.78, 5) is 21.0. The van der Waals surface area contributed by atoms with Gasteiger partial charge in [-0.3, -0.25) is 0 Å². The molecule has 3 aromatic rings. The van der Waals surface area contributed by atoms with E-state index in [0.29, 0.717) is 17.5 Å². The van der Waals surface area contributed by atoms with E-state index in [-0.39, 0.29) is 6.03 Å². The van der Waals surface area contributed by atoms with E-state index in [0.717, 1.165) is 29.0 Å². The molecule has 1 aromatic heterocycles. The van der Waals surface area contributed by atoms with Crippen molar-refractivity contribution in [2.24, 2.45) is 0 Å². The SMILES string of the molecule is CCNc1ncc(C)c(Nc2cccc(NC(=O)Nc3cccc(C)c3)c2)n1. The molecule has 0 saturated carbocycles. The number of rotatable bonds is 6. The number of aromatic nitrogens is 2. The fraction of sp³-hybridized carbons (Fsp3) is 0.190. The van der Waals surface area contributed by atoms with Gasteiger partial charge in [0, 0.05) is 35.4 Å². The summed E-state index contributed by atoms with van der Waals surface area (Å²) >= 11 is 0. The molecule has 0 spiro atoms. The first kappa shape index (κ1) is 19.2. The number of urea groups is 1. The van der Waals surface area contributed by atoms with E-state index in [1.807, 2.05) is 69.3 Å². The van der Waals surface area contributed by atoms with Crippen LogP contribution in [0.3, 0.4) is 0 Å². The molecule has 0 fully saturated rings. The van der Waals surface area contributed by atoms with Gasteiger partial charge in [-0.15, -0.1) is 0 Å². The summed E-state index contributed by atoms with van der Waals surface area (Å²) in [5.74, 6) is 1.29. The van der Waals surface area contributed by atoms with Crippen LogP contribution in [0.25, 0.3) is 0 Å². The molecule has 0 atom stereocenters. The van der Waals surface area contributed by atoms with Crippen LogP contribution in [0.15, 0.2) is 54.7 Å². The largest absolute Gasteiger partial charge is 0.354 e. The van der Waals surface area contributed by atoms with E-state index >= 15 is 0 Å². The predicted octanol–water partition coefficient (Wildman–Crippen LogP) is 4.91. The van der Waals surface area contributed by atoms with Crippen LogP contribution in [-0.2, 0) is 0 Å². The van der Waals surface area contributed by atoms with Crippen molar-refractivity contribution in [3.05, 3.63) is 65.9 Å². The van der Waals surface area contributed by atoms with Gasteiger partial charge in [0.05, 0.1) is 0 Å². The van der Waals surface area contributed by atoms with Crippen LogP contribution >= 0.6 is 0 Å². The number of hydrogen-bond acceptors (Lipinski definition) is 5. The highest BCUT2D eigenvalue weighted by molar-refractivity contribution is 6.00. The Balaban J connectivity index is 1.68. The summed E-state index contributed by atoms with van der Waals surface area (Å²) in [7, 11) is 0. The molecule has 1 heterocycles. The van der Waals surface area contributed by atoms with Crippen LogP contribution < -0.4 is 21.3 Å². The number of amides is 2. The maximum atomic E-state index is 12.3. The molecule has 4 N–H and O–H groups in total. The van der Waals surface area contributed by atoms with Crippen molar-refractivity contribution in [2.45, 2.75) is 20.8 Å². The molecule has 0 radical (unpaired) electrons. The number of nitrogens with zero attached hydrogens (tertiary/aromatic N) is 2. The maximum Gasteiger partial charge on any atom is 0.323 e. The molecule has 7 heteroatoms. The summed E-state index contributed by atoms with van der Waals surface area (Å²) in [5, 5.41) is 12.1. The van der Waals surface area contributed by atoms with Crippen LogP contribution in [0.4, 0.5) is 33.6 Å². The monoisotopic (exact) mass is 376 g/mol. The highest BCUT2D eigenvalue weighted by Gasteiger charge is 2.07. The minimum atomic E-state index is -0.296. The first-order valence-electron chi connectivity index (χ1n) is 9.13. The van der Waals surface area contributed by atoms with Crippen molar-refractivity contribution in [2.75, 3.05) is 27.8 Å². The third-order valence-electron chi connectivity index (χ3n) is 3.97. The Morgan fingerprint density at radius 2 is 1.64 bits per heavy atom. The van der Waals surface area contributed by atoms with Gasteiger partial charge in [0.15, 0.2) is 0 Å². The van der Waals surface area contributed by atoms with Crippen molar-refractivity contribution >= 4 is 34.9 Å². The molecule has 0 aliphatic heterocycles. The van der Waals surface area contributed by atoms with Gasteiger partial charge in [-0.05, 0) is 56.7 Å². The fourth-order valence-electron chi connectivity index (χ4n) is 2.64. The van der Waals surface area contributed by atoms with E-state index in [1.165, 1.54) is 0 Å². The second kappa shape index (κ2) is 8.85. The molecular weight excluding hydrogens is 352 g/mol. The second-order valence-electron chi connectivity index (χ2n) is 6.41. The molecule has 0 saturated heterocycles. The zero-order valence-electron chi connectivity index (χ0n) is 16.2. The highest BCUT2D eigenvalue weighted by atomic mass is 16.2. The Bertz CT molecular complexity index is 973. The standard InChI is InChI=1S/C21H24N6O/c1-4-22-20-23-13-15(3)19(27-20)24-17-9-6-10-18(12-17)26-21(28)25-16-8-5-7-14(2)11-16/h5-13H,4H2,1-3H3,(H2,25,26,28)(H2,22,23,24,27). The van der Waals surface area contributed by atoms with Crippen LogP contribution in [0, 0.1) is 13.8 Å². The van der Waals surface area contributed by atoms with E-state index in [4.69, 9.17) is 0 Å². The Morgan fingerprint density at radius 1 is 0.964 bits per heavy atom. The molecule has 0 unspecified atom stereocenters. The normalized spacial score (nSPS) is 10.2. The second-order valence-corrected chi connectivity index (χ2v) is 6.41. The number of aryl methyl sites for hydroxylation is 2. The van der Waals surface area contributed by atoms with Gasteiger partial charge in [-0.2, -0.15) is 4.98 Å². The van der Waals surface area contributed by atoms with E-state index in [9.17, 15) is 4.79 Å². The van der Waals surface area contributed by atoms with Gasteiger partial charge in [0.25, 0.3) is 0 Å². The van der Waals surface area contributed by atoms with Crippen LogP contribution in [-0.4, -0.2) is 22.5 Å². The zero-order valence-corrected chi connectivity index (χ0v) is 16.2. The van der Waals surface area contributed by atoms with Crippen molar-refractivity contribution < 1.29 is 4.79 Å². The average Bonchev–Trinajstić information content (AvgIpc) is 2.65. The summed E-state index contributed by atoms with van der Waals surface area (Å²) < 4.78 is 0. The molecule has 2 aromatic carbocycles. The highest BCUT2D eigenvalue weighted by Crippen LogP contribution is 2.22. The van der Waals surface area contributed by atoms with Crippen molar-refractivity contribution in [3.63, 3.8) is 0 Å². The summed E-state index contributed by atoms with van der Waals surface area (Å²) in [5.41, 5.74) is 4.25. The zero-order chi connectivity index (χ0) is 19.9. The summed E-state index contributed by atoms with van der Waals surface area (Å²) in [6, 6.07) is 14.8. The van der Waals surface area contributed by atoms with Gasteiger partial charge in [0.1, 0.15) is 5.82 Å². The van der Waals surface area contributed by atoms with E-state index in [2.05, 4.69) is 31.2 Å². The van der Waals surface area contributed by atoms with E-state index in [1.54, 1.807) is 6.20 Å². The van der Waals surface area contributed by atoms with Gasteiger partial charge in [-0.1, -0.05) is 18.2 Å². The third kappa shape index (κ3) is 5.20. The Hall–Kier alpha value is -3.61. The van der Waals surface area contributed by atoms with Crippen LogP contribution in [0.1, 0.15) is 18.1 Å². The Morgan fingerprint density at radius 3 is 2.36 bits per heavy atom. The average molecular weight is 376 g/mol. The number of carbonyl (C=O) groups is 1. The lowest BCUT2D eigenvalue weighted by molar-refractivity contribution is 0.262. The maximum absolute atomic E-state index is 12.3. The molecule has 0 bridgehead atoms. The lowest BCUT2D eigenvalue weighted by atomic mass is 10.2. The number of hydrogen-bond donors (Lipinski definition) is 4. The molecular formula is C21H24N6O. The number of anilines is 5. The number of benzene rings is 2. The smallest absolute Gasteiger partial charge is 0.323 e. The fourth-order valence-corrected chi connectivity index (χ4v) is 2.64. The predicted molar refractivity (Wildman–Crippen MR) is 114 cm³/mol. The Labute approximate surface area is 164 Å². The molecule has 0 aliphatic rings. The molecule has 7 nitrogen and oxygen atoms in total. The lowest BCUT2D eigenvalue weighted by Gasteiger charge is -2.12. The minimum absolute atomic E-state index is 0.296. The molecule has 3 rings (SSSR count). The number of carbonyl (C=O) groups excluding carboxylic acids is 1. The molecule has 144 valence electrons. The van der Waals surface area contributed by atoms with E-state index < -0.39 is 0 Å². The van der Waals surface area contributed by atoms with Gasteiger partial charge in [0.2, 0.25) is 5.95 Å². The summed E-state index contributed by atoms with van der Waals surface area (Å²) in [6.07, 6.45) is 1.77. The molecule has 28 heavy (non-hydrogen) atoms. The third-order valence-corrected chi connectivity index (χ3v) is 3.97. The summed E-state index contributed by atoms with van der Waals surface area (Å²) in [6.45, 7) is 6.66. The first-order chi connectivity index (χ1) is 13.5. The van der Waals surface area contributed by atoms with Crippen molar-refractivity contribution in [3.8, 4) is 0 Å². The minimum Gasteiger partial charge on any atom is -0.354 e. The topological polar surface area (TPSA) is 91.0 Å². The molecule has 2 amide bonds. The number of nitrogens with one attached hydrogen (secondary N) is 4. The van der Waals surface area contributed by atoms with Crippen LogP contribution in [0.5, 0.6) is 0 Å². The van der Waals surface area contributed by atoms with Crippen molar-refractivity contribution in [1.82, 2.24) is 9.97 Å². The quantitative estimate of drug-likeness (QED) is 0.490. The lowest BCUT2D eigenvalue weighted by Crippen LogP contribution is -2.19.